The number of aromatic nitrogens is 2. The Hall–Kier alpha value is -5.05. The van der Waals surface area contributed by atoms with Crippen LogP contribution in [0.3, 0.4) is 0 Å². The van der Waals surface area contributed by atoms with E-state index in [1.165, 1.54) is 28.4 Å². The number of nitrogens with zero attached hydrogens (tertiary/aromatic N) is 4. The van der Waals surface area contributed by atoms with Crippen LogP contribution in [0.1, 0.15) is 56.9 Å². The maximum Gasteiger partial charge on any atom is 0.410 e. The van der Waals surface area contributed by atoms with Gasteiger partial charge in [0.25, 0.3) is 5.91 Å². The molecule has 4 aliphatic rings. The standard InChI is InChI=1S/C37H43N7O7S/c45-33-31-23-43(36(48)51-24-26-11-8-10-25-9-6-7-13-29(25)26)19-20-44(31)34(46)30(40-32-22-38-17-18-39-32)14-5-3-1-2-4-12-27-21-37(27,41-33)35(47)42-52(49,50)28-15-16-28/h4,6-13,17-18,22,27-28,30-31H,1-3,5,14-16,19-21,23-24H2,(H,39,40)(H,41,45)(H,42,47)/b12-4+/t27?,30-,31-,37-/m0/s1. The van der Waals surface area contributed by atoms with Gasteiger partial charge in [-0.25, -0.2) is 18.2 Å². The first-order chi connectivity index (χ1) is 25.1. The van der Waals surface area contributed by atoms with Crippen molar-refractivity contribution in [2.75, 3.05) is 25.0 Å². The molecule has 1 saturated heterocycles. The van der Waals surface area contributed by atoms with Gasteiger partial charge in [0.1, 0.15) is 30.0 Å². The lowest BCUT2D eigenvalue weighted by molar-refractivity contribution is -0.145. The third-order valence-electron chi connectivity index (χ3n) is 10.3. The van der Waals surface area contributed by atoms with Crippen molar-refractivity contribution in [1.82, 2.24) is 29.8 Å². The minimum atomic E-state index is -3.89. The Labute approximate surface area is 302 Å². The normalized spacial score (nSPS) is 26.1. The fourth-order valence-corrected chi connectivity index (χ4v) is 8.47. The van der Waals surface area contributed by atoms with E-state index in [-0.39, 0.29) is 38.6 Å². The summed E-state index contributed by atoms with van der Waals surface area (Å²) in [6.45, 7) is -0.0502. The molecule has 15 heteroatoms. The SMILES string of the molecule is O=C1N[C@@]2(C(=O)NS(=O)(=O)C3CC3)CC2/C=C/CCCCC[C@H](Nc2cnccn2)C(=O)N2CCN(C(=O)OCc3cccc4ccccc34)C[C@@H]12. The molecule has 2 aliphatic heterocycles. The predicted molar refractivity (Wildman–Crippen MR) is 192 cm³/mol. The van der Waals surface area contributed by atoms with Crippen LogP contribution in [0.2, 0.25) is 0 Å². The molecule has 4 amide bonds. The Kier molecular flexibility index (Phi) is 10.1. The zero-order valence-electron chi connectivity index (χ0n) is 28.8. The third kappa shape index (κ3) is 7.73. The molecule has 3 heterocycles. The van der Waals surface area contributed by atoms with Crippen molar-refractivity contribution >= 4 is 50.4 Å². The monoisotopic (exact) mass is 729 g/mol. The molecule has 0 radical (unpaired) electrons. The van der Waals surface area contributed by atoms with Crippen LogP contribution in [0.15, 0.2) is 73.2 Å². The lowest BCUT2D eigenvalue weighted by atomic mass is 10.0. The molecular weight excluding hydrogens is 687 g/mol. The second-order valence-electron chi connectivity index (χ2n) is 14.0. The third-order valence-corrected chi connectivity index (χ3v) is 12.2. The highest BCUT2D eigenvalue weighted by Crippen LogP contribution is 2.46. The Morgan fingerprint density at radius 3 is 2.63 bits per heavy atom. The average molecular weight is 730 g/mol. The lowest BCUT2D eigenvalue weighted by Crippen LogP contribution is -2.65. The lowest BCUT2D eigenvalue weighted by Gasteiger charge is -2.42. The first-order valence-corrected chi connectivity index (χ1v) is 19.5. The van der Waals surface area contributed by atoms with Crippen molar-refractivity contribution in [2.45, 2.75) is 80.8 Å². The number of rotatable bonds is 7. The van der Waals surface area contributed by atoms with E-state index in [1.807, 2.05) is 54.6 Å². The second kappa shape index (κ2) is 14.9. The van der Waals surface area contributed by atoms with Crippen molar-refractivity contribution in [2.24, 2.45) is 5.92 Å². The summed E-state index contributed by atoms with van der Waals surface area (Å²) in [6, 6.07) is 11.6. The first kappa shape index (κ1) is 35.4. The van der Waals surface area contributed by atoms with Gasteiger partial charge in [0.05, 0.1) is 18.0 Å². The van der Waals surface area contributed by atoms with Crippen LogP contribution in [0.25, 0.3) is 10.8 Å². The first-order valence-electron chi connectivity index (χ1n) is 17.9. The summed E-state index contributed by atoms with van der Waals surface area (Å²) >= 11 is 0. The number of carbonyl (C=O) groups is 4. The number of sulfonamides is 1. The molecule has 52 heavy (non-hydrogen) atoms. The Morgan fingerprint density at radius 1 is 1.00 bits per heavy atom. The molecular formula is C37H43N7O7S. The summed E-state index contributed by atoms with van der Waals surface area (Å²) in [5.41, 5.74) is -0.689. The molecule has 14 nitrogen and oxygen atoms in total. The van der Waals surface area contributed by atoms with Gasteiger partial charge < -0.3 is 25.2 Å². The van der Waals surface area contributed by atoms with E-state index in [0.717, 1.165) is 42.0 Å². The van der Waals surface area contributed by atoms with Crippen LogP contribution in [0, 0.1) is 5.92 Å². The van der Waals surface area contributed by atoms with Gasteiger partial charge >= 0.3 is 6.09 Å². The quantitative estimate of drug-likeness (QED) is 0.306. The number of anilines is 1. The maximum absolute atomic E-state index is 14.4. The van der Waals surface area contributed by atoms with Crippen molar-refractivity contribution in [3.63, 3.8) is 0 Å². The number of nitrogens with one attached hydrogen (secondary N) is 3. The largest absolute Gasteiger partial charge is 0.445 e. The van der Waals surface area contributed by atoms with Crippen LogP contribution in [0.5, 0.6) is 0 Å². The number of allylic oxidation sites excluding steroid dienone is 1. The number of piperazine rings is 1. The molecule has 3 N–H and O–H groups in total. The van der Waals surface area contributed by atoms with Crippen LogP contribution in [0.4, 0.5) is 10.6 Å². The molecule has 3 aromatic rings. The predicted octanol–water partition coefficient (Wildman–Crippen LogP) is 3.26. The highest BCUT2D eigenvalue weighted by atomic mass is 32.2. The van der Waals surface area contributed by atoms with E-state index in [9.17, 15) is 27.6 Å². The van der Waals surface area contributed by atoms with E-state index >= 15 is 0 Å². The minimum absolute atomic E-state index is 0.00701. The molecule has 0 spiro atoms. The summed E-state index contributed by atoms with van der Waals surface area (Å²) in [7, 11) is -3.89. The average Bonchev–Trinajstić information content (AvgIpc) is 4.09. The molecule has 2 saturated carbocycles. The number of amides is 4. The zero-order valence-corrected chi connectivity index (χ0v) is 29.6. The van der Waals surface area contributed by atoms with Gasteiger partial charge in [-0.15, -0.1) is 0 Å². The zero-order chi connectivity index (χ0) is 36.3. The molecule has 2 aromatic carbocycles. The van der Waals surface area contributed by atoms with Gasteiger partial charge in [0.15, 0.2) is 0 Å². The Balaban J connectivity index is 1.15. The number of benzene rings is 2. The molecule has 2 aliphatic carbocycles. The number of hydrogen-bond acceptors (Lipinski definition) is 10. The smallest absolute Gasteiger partial charge is 0.410 e. The van der Waals surface area contributed by atoms with Crippen LogP contribution in [-0.2, 0) is 35.8 Å². The summed E-state index contributed by atoms with van der Waals surface area (Å²) in [5.74, 6) is -1.84. The molecule has 274 valence electrons. The van der Waals surface area contributed by atoms with Crippen LogP contribution in [-0.4, -0.2) is 94.5 Å². The molecule has 3 fully saturated rings. The van der Waals surface area contributed by atoms with Crippen LogP contribution < -0.4 is 15.4 Å². The van der Waals surface area contributed by atoms with Gasteiger partial charge in [-0.3, -0.25) is 24.1 Å². The van der Waals surface area contributed by atoms with Gasteiger partial charge in [-0.1, -0.05) is 67.5 Å². The fraction of sp³-hybridized carbons (Fsp3) is 0.459. The molecule has 1 unspecified atom stereocenters. The second-order valence-corrected chi connectivity index (χ2v) is 15.9. The fourth-order valence-electron chi connectivity index (χ4n) is 7.11. The molecule has 4 atom stereocenters. The molecule has 7 rings (SSSR count). The van der Waals surface area contributed by atoms with Gasteiger partial charge in [-0.05, 0) is 54.9 Å². The Morgan fingerprint density at radius 2 is 1.83 bits per heavy atom. The number of carbonyl (C=O) groups excluding carboxylic acids is 4. The van der Waals surface area contributed by atoms with Gasteiger partial charge in [-0.2, -0.15) is 0 Å². The van der Waals surface area contributed by atoms with E-state index in [2.05, 4.69) is 25.3 Å². The number of ether oxygens (including phenoxy) is 1. The van der Waals surface area contributed by atoms with E-state index < -0.39 is 56.7 Å². The van der Waals surface area contributed by atoms with Crippen molar-refractivity contribution in [1.29, 1.82) is 0 Å². The summed E-state index contributed by atoms with van der Waals surface area (Å²) in [4.78, 5) is 67.2. The number of hydrogen-bond donors (Lipinski definition) is 3. The van der Waals surface area contributed by atoms with Gasteiger partial charge in [0.2, 0.25) is 21.8 Å². The summed E-state index contributed by atoms with van der Waals surface area (Å²) < 4.78 is 33.6. The van der Waals surface area contributed by atoms with Crippen molar-refractivity contribution in [3.8, 4) is 0 Å². The maximum atomic E-state index is 14.4. The van der Waals surface area contributed by atoms with Crippen molar-refractivity contribution in [3.05, 3.63) is 78.8 Å². The summed E-state index contributed by atoms with van der Waals surface area (Å²) in [5, 5.41) is 7.39. The Bertz CT molecular complexity index is 1970. The number of fused-ring (bicyclic) bond motifs is 3. The minimum Gasteiger partial charge on any atom is -0.445 e. The topological polar surface area (TPSA) is 180 Å². The van der Waals surface area contributed by atoms with Crippen LogP contribution >= 0.6 is 0 Å². The van der Waals surface area contributed by atoms with Gasteiger partial charge in [0, 0.05) is 31.4 Å². The highest BCUT2D eigenvalue weighted by molar-refractivity contribution is 7.91. The van der Waals surface area contributed by atoms with E-state index in [0.29, 0.717) is 25.1 Å². The van der Waals surface area contributed by atoms with E-state index in [4.69, 9.17) is 4.74 Å². The molecule has 1 aromatic heterocycles. The van der Waals surface area contributed by atoms with E-state index in [1.54, 1.807) is 0 Å². The van der Waals surface area contributed by atoms with Crippen molar-refractivity contribution < 1.29 is 32.3 Å². The highest BCUT2D eigenvalue weighted by Gasteiger charge is 2.62. The summed E-state index contributed by atoms with van der Waals surface area (Å²) in [6.07, 6.45) is 12.5. The molecule has 0 bridgehead atoms.